The van der Waals surface area contributed by atoms with E-state index in [1.54, 1.807) is 7.11 Å². The number of nitrogens with one attached hydrogen (secondary N) is 1. The van der Waals surface area contributed by atoms with Crippen LogP contribution in [0.15, 0.2) is 52.9 Å². The lowest BCUT2D eigenvalue weighted by Crippen LogP contribution is -2.11. The molecule has 0 saturated carbocycles. The molecule has 3 rings (SSSR count). The number of anilines is 1. The number of hydrogen-bond acceptors (Lipinski definition) is 4. The maximum absolute atomic E-state index is 12.1. The van der Waals surface area contributed by atoms with Crippen LogP contribution in [0.25, 0.3) is 11.1 Å². The van der Waals surface area contributed by atoms with Gasteiger partial charge in [0, 0.05) is 25.6 Å². The Kier molecular flexibility index (Phi) is 5.23. The van der Waals surface area contributed by atoms with E-state index in [-0.39, 0.29) is 5.91 Å². The smallest absolute Gasteiger partial charge is 0.224 e. The van der Waals surface area contributed by atoms with Gasteiger partial charge in [-0.15, -0.1) is 0 Å². The molecular formula is C19H20N2O3. The molecule has 24 heavy (non-hydrogen) atoms. The summed E-state index contributed by atoms with van der Waals surface area (Å²) in [5, 5.41) is 2.91. The van der Waals surface area contributed by atoms with Gasteiger partial charge >= 0.3 is 0 Å². The third-order valence-corrected chi connectivity index (χ3v) is 3.65. The highest BCUT2D eigenvalue weighted by molar-refractivity contribution is 5.90. The van der Waals surface area contributed by atoms with Crippen molar-refractivity contribution in [2.24, 2.45) is 0 Å². The number of ether oxygens (including phenoxy) is 1. The number of benzene rings is 2. The summed E-state index contributed by atoms with van der Waals surface area (Å²) in [6, 6.07) is 15.3. The zero-order valence-electron chi connectivity index (χ0n) is 13.6. The van der Waals surface area contributed by atoms with Gasteiger partial charge in [-0.2, -0.15) is 0 Å². The summed E-state index contributed by atoms with van der Waals surface area (Å²) in [6.45, 7) is 0.529. The van der Waals surface area contributed by atoms with Gasteiger partial charge < -0.3 is 14.5 Å². The van der Waals surface area contributed by atoms with Crippen LogP contribution in [0, 0.1) is 0 Å². The van der Waals surface area contributed by atoms with Crippen molar-refractivity contribution in [1.29, 1.82) is 0 Å². The second kappa shape index (κ2) is 7.75. The van der Waals surface area contributed by atoms with Crippen LogP contribution in [0.1, 0.15) is 24.3 Å². The van der Waals surface area contributed by atoms with Crippen molar-refractivity contribution in [3.63, 3.8) is 0 Å². The Morgan fingerprint density at radius 1 is 1.21 bits per heavy atom. The maximum atomic E-state index is 12.1. The standard InChI is InChI=1S/C19H20N2O3/c1-23-13-14-6-4-7-15(12-14)20-18(22)10-5-11-19-21-16-8-2-3-9-17(16)24-19/h2-4,6-9,12H,5,10-11,13H2,1H3,(H,20,22). The molecule has 3 aromatic rings. The molecule has 0 aliphatic rings. The minimum atomic E-state index is -0.0133. The summed E-state index contributed by atoms with van der Waals surface area (Å²) < 4.78 is 10.8. The SMILES string of the molecule is COCc1cccc(NC(=O)CCCc2nc3ccccc3o2)c1. The van der Waals surface area contributed by atoms with E-state index in [0.717, 1.165) is 22.4 Å². The number of aromatic nitrogens is 1. The molecule has 1 heterocycles. The lowest BCUT2D eigenvalue weighted by atomic mass is 10.2. The van der Waals surface area contributed by atoms with Crippen LogP contribution in [0.3, 0.4) is 0 Å². The molecule has 0 aliphatic heterocycles. The summed E-state index contributed by atoms with van der Waals surface area (Å²) in [7, 11) is 1.65. The molecule has 0 bridgehead atoms. The van der Waals surface area contributed by atoms with Crippen LogP contribution < -0.4 is 5.32 Å². The highest BCUT2D eigenvalue weighted by atomic mass is 16.5. The van der Waals surface area contributed by atoms with E-state index < -0.39 is 0 Å². The van der Waals surface area contributed by atoms with Crippen LogP contribution in [-0.4, -0.2) is 18.0 Å². The van der Waals surface area contributed by atoms with Crippen molar-refractivity contribution in [2.45, 2.75) is 25.9 Å². The Labute approximate surface area is 140 Å². The van der Waals surface area contributed by atoms with E-state index >= 15 is 0 Å². The lowest BCUT2D eigenvalue weighted by Gasteiger charge is -2.06. The number of carbonyl (C=O) groups excluding carboxylic acids is 1. The number of methoxy groups -OCH3 is 1. The van der Waals surface area contributed by atoms with Crippen molar-refractivity contribution in [3.8, 4) is 0 Å². The van der Waals surface area contributed by atoms with Crippen LogP contribution in [0.4, 0.5) is 5.69 Å². The van der Waals surface area contributed by atoms with Crippen LogP contribution in [-0.2, 0) is 22.6 Å². The number of aryl methyl sites for hydroxylation is 1. The first-order chi connectivity index (χ1) is 11.7. The number of amides is 1. The molecular weight excluding hydrogens is 304 g/mol. The Morgan fingerprint density at radius 3 is 2.92 bits per heavy atom. The van der Waals surface area contributed by atoms with Crippen molar-refractivity contribution >= 4 is 22.7 Å². The average molecular weight is 324 g/mol. The fraction of sp³-hybridized carbons (Fsp3) is 0.263. The summed E-state index contributed by atoms with van der Waals surface area (Å²) in [5.41, 5.74) is 3.46. The van der Waals surface area contributed by atoms with Gasteiger partial charge in [-0.05, 0) is 36.2 Å². The van der Waals surface area contributed by atoms with Crippen molar-refractivity contribution in [3.05, 3.63) is 60.0 Å². The van der Waals surface area contributed by atoms with Gasteiger partial charge in [0.25, 0.3) is 0 Å². The van der Waals surface area contributed by atoms with E-state index in [0.29, 0.717) is 31.8 Å². The molecule has 1 amide bonds. The Morgan fingerprint density at radius 2 is 2.08 bits per heavy atom. The van der Waals surface area contributed by atoms with E-state index in [4.69, 9.17) is 9.15 Å². The molecule has 0 fully saturated rings. The van der Waals surface area contributed by atoms with Crippen molar-refractivity contribution in [2.75, 3.05) is 12.4 Å². The topological polar surface area (TPSA) is 64.4 Å². The zero-order valence-corrected chi connectivity index (χ0v) is 13.6. The molecule has 1 aromatic heterocycles. The first kappa shape index (κ1) is 16.2. The molecule has 124 valence electrons. The molecule has 5 nitrogen and oxygen atoms in total. The maximum Gasteiger partial charge on any atom is 0.224 e. The summed E-state index contributed by atoms with van der Waals surface area (Å²) in [4.78, 5) is 16.5. The van der Waals surface area contributed by atoms with Gasteiger partial charge in [0.1, 0.15) is 5.52 Å². The molecule has 0 unspecified atom stereocenters. The number of nitrogens with zero attached hydrogens (tertiary/aromatic N) is 1. The third kappa shape index (κ3) is 4.20. The van der Waals surface area contributed by atoms with Crippen LogP contribution in [0.5, 0.6) is 0 Å². The van der Waals surface area contributed by atoms with Gasteiger partial charge in [0.05, 0.1) is 6.61 Å². The first-order valence-electron chi connectivity index (χ1n) is 7.97. The van der Waals surface area contributed by atoms with Crippen molar-refractivity contribution < 1.29 is 13.9 Å². The quantitative estimate of drug-likeness (QED) is 0.715. The fourth-order valence-electron chi connectivity index (χ4n) is 2.56. The molecule has 5 heteroatoms. The first-order valence-corrected chi connectivity index (χ1v) is 7.97. The molecule has 2 aromatic carbocycles. The predicted molar refractivity (Wildman–Crippen MR) is 92.7 cm³/mol. The minimum absolute atomic E-state index is 0.0133. The van der Waals surface area contributed by atoms with Gasteiger partial charge in [-0.25, -0.2) is 4.98 Å². The fourth-order valence-corrected chi connectivity index (χ4v) is 2.56. The third-order valence-electron chi connectivity index (χ3n) is 3.65. The van der Waals surface area contributed by atoms with Gasteiger partial charge in [0.2, 0.25) is 5.91 Å². The highest BCUT2D eigenvalue weighted by Crippen LogP contribution is 2.16. The van der Waals surface area contributed by atoms with Gasteiger partial charge in [-0.3, -0.25) is 4.79 Å². The number of para-hydroxylation sites is 2. The number of oxazole rings is 1. The van der Waals surface area contributed by atoms with E-state index in [1.165, 1.54) is 0 Å². The van der Waals surface area contributed by atoms with Gasteiger partial charge in [-0.1, -0.05) is 24.3 Å². The largest absolute Gasteiger partial charge is 0.441 e. The zero-order chi connectivity index (χ0) is 16.8. The molecule has 0 radical (unpaired) electrons. The van der Waals surface area contributed by atoms with Gasteiger partial charge in [0.15, 0.2) is 11.5 Å². The second-order valence-electron chi connectivity index (χ2n) is 5.61. The van der Waals surface area contributed by atoms with E-state index in [2.05, 4.69) is 10.3 Å². The van der Waals surface area contributed by atoms with Crippen LogP contribution in [0.2, 0.25) is 0 Å². The second-order valence-corrected chi connectivity index (χ2v) is 5.61. The van der Waals surface area contributed by atoms with Crippen LogP contribution >= 0.6 is 0 Å². The molecule has 0 saturated heterocycles. The number of rotatable bonds is 7. The monoisotopic (exact) mass is 324 g/mol. The Balaban J connectivity index is 1.49. The normalized spacial score (nSPS) is 10.9. The molecule has 0 spiro atoms. The number of carbonyl (C=O) groups is 1. The summed E-state index contributed by atoms with van der Waals surface area (Å²) >= 11 is 0. The van der Waals surface area contributed by atoms with E-state index in [9.17, 15) is 4.79 Å². The number of hydrogen-bond donors (Lipinski definition) is 1. The molecule has 0 aliphatic carbocycles. The highest BCUT2D eigenvalue weighted by Gasteiger charge is 2.07. The summed E-state index contributed by atoms with van der Waals surface area (Å²) in [5.74, 6) is 0.659. The Bertz CT molecular complexity index is 793. The molecule has 1 N–H and O–H groups in total. The summed E-state index contributed by atoms with van der Waals surface area (Å²) in [6.07, 6.45) is 1.76. The lowest BCUT2D eigenvalue weighted by molar-refractivity contribution is -0.116. The van der Waals surface area contributed by atoms with Crippen molar-refractivity contribution in [1.82, 2.24) is 4.98 Å². The predicted octanol–water partition coefficient (Wildman–Crippen LogP) is 3.94. The minimum Gasteiger partial charge on any atom is -0.441 e. The average Bonchev–Trinajstić information content (AvgIpc) is 2.98. The molecule has 0 atom stereocenters. The Hall–Kier alpha value is -2.66. The number of fused-ring (bicyclic) bond motifs is 1. The van der Waals surface area contributed by atoms with E-state index in [1.807, 2.05) is 48.5 Å².